The molecule has 158 valence electrons. The Kier molecular flexibility index (Phi) is 3.86. The van der Waals surface area contributed by atoms with Gasteiger partial charge in [0.15, 0.2) is 0 Å². The van der Waals surface area contributed by atoms with E-state index < -0.39 is 0 Å². The highest BCUT2D eigenvalue weighted by Gasteiger charge is 2.81. The summed E-state index contributed by atoms with van der Waals surface area (Å²) in [7, 11) is 0. The number of fused-ring (bicyclic) bond motifs is 3. The maximum atomic E-state index is 11.8. The minimum absolute atomic E-state index is 0.0147. The summed E-state index contributed by atoms with van der Waals surface area (Å²) < 4.78 is 17.4. The molecule has 4 aliphatic carbocycles. The number of rotatable bonds is 4. The zero-order chi connectivity index (χ0) is 19.9. The second-order valence-electron chi connectivity index (χ2n) is 10.8. The Morgan fingerprint density at radius 1 is 1.21 bits per heavy atom. The molecule has 0 aromatic rings. The van der Waals surface area contributed by atoms with Crippen LogP contribution in [-0.2, 0) is 23.8 Å². The molecular formula is C24H32O5. The van der Waals surface area contributed by atoms with Gasteiger partial charge in [-0.15, -0.1) is 0 Å². The van der Waals surface area contributed by atoms with E-state index in [1.54, 1.807) is 0 Å². The lowest BCUT2D eigenvalue weighted by atomic mass is 9.44. The Bertz CT molecular complexity index is 762. The first-order chi connectivity index (χ1) is 14.0. The Hall–Kier alpha value is -1.36. The van der Waals surface area contributed by atoms with Crippen molar-refractivity contribution in [3.8, 4) is 0 Å². The molecule has 6 rings (SSSR count). The average Bonchev–Trinajstić information content (AvgIpc) is 3.19. The van der Waals surface area contributed by atoms with Gasteiger partial charge >= 0.3 is 5.97 Å². The van der Waals surface area contributed by atoms with E-state index >= 15 is 0 Å². The van der Waals surface area contributed by atoms with Gasteiger partial charge in [0, 0.05) is 16.7 Å². The van der Waals surface area contributed by atoms with Crippen molar-refractivity contribution in [3.63, 3.8) is 0 Å². The monoisotopic (exact) mass is 400 g/mol. The summed E-state index contributed by atoms with van der Waals surface area (Å²) in [6, 6.07) is 0. The smallest absolute Gasteiger partial charge is 0.306 e. The maximum absolute atomic E-state index is 11.8. The van der Waals surface area contributed by atoms with Crippen molar-refractivity contribution in [1.82, 2.24) is 0 Å². The lowest BCUT2D eigenvalue weighted by Gasteiger charge is -2.60. The Morgan fingerprint density at radius 2 is 2.10 bits per heavy atom. The van der Waals surface area contributed by atoms with Crippen LogP contribution >= 0.6 is 0 Å². The number of hydrogen-bond acceptors (Lipinski definition) is 5. The summed E-state index contributed by atoms with van der Waals surface area (Å²) >= 11 is 0. The van der Waals surface area contributed by atoms with Crippen LogP contribution in [-0.4, -0.2) is 37.4 Å². The molecule has 5 nitrogen and oxygen atoms in total. The standard InChI is InChI=1S/C24H32O5/c1-22-9-7-17-18(6-5-16-4-2-3-8-23(16,17)13-27-14-25)24(22)20(29-24)11-19(22)15-10-21(26)28-12-15/h3,8,14-20H,2,4-7,9-13H2,1H3/t15-,16+,17-,18+,19+,20+,22+,23+,24+/m0/s1. The second-order valence-corrected chi connectivity index (χ2v) is 10.8. The van der Waals surface area contributed by atoms with Crippen LogP contribution in [0.3, 0.4) is 0 Å². The first-order valence-electron chi connectivity index (χ1n) is 11.6. The fraction of sp³-hybridized carbons (Fsp3) is 0.833. The summed E-state index contributed by atoms with van der Waals surface area (Å²) in [5.74, 6) is 2.52. The van der Waals surface area contributed by atoms with Gasteiger partial charge < -0.3 is 14.2 Å². The van der Waals surface area contributed by atoms with Gasteiger partial charge in [-0.2, -0.15) is 0 Å². The highest BCUT2D eigenvalue weighted by Crippen LogP contribution is 2.77. The number of esters is 1. The molecule has 9 atom stereocenters. The summed E-state index contributed by atoms with van der Waals surface area (Å²) in [6.07, 6.45) is 13.8. The quantitative estimate of drug-likeness (QED) is 0.312. The zero-order valence-electron chi connectivity index (χ0n) is 17.3. The molecule has 3 saturated carbocycles. The van der Waals surface area contributed by atoms with E-state index in [1.165, 1.54) is 25.7 Å². The van der Waals surface area contributed by atoms with Crippen molar-refractivity contribution in [2.45, 2.75) is 70.0 Å². The zero-order valence-corrected chi connectivity index (χ0v) is 17.3. The molecule has 6 aliphatic rings. The molecule has 2 aliphatic heterocycles. The van der Waals surface area contributed by atoms with Crippen LogP contribution < -0.4 is 0 Å². The van der Waals surface area contributed by atoms with Crippen LogP contribution in [0.15, 0.2) is 12.2 Å². The van der Waals surface area contributed by atoms with E-state index in [1.807, 2.05) is 0 Å². The molecule has 0 aromatic heterocycles. The van der Waals surface area contributed by atoms with Gasteiger partial charge in [-0.05, 0) is 68.6 Å². The molecule has 0 radical (unpaired) electrons. The summed E-state index contributed by atoms with van der Waals surface area (Å²) in [5, 5.41) is 0. The van der Waals surface area contributed by atoms with Crippen molar-refractivity contribution >= 4 is 12.4 Å². The molecule has 2 heterocycles. The normalized spacial score (nSPS) is 54.6. The third-order valence-electron chi connectivity index (χ3n) is 10.2. The number of epoxide rings is 1. The molecule has 0 unspecified atom stereocenters. The van der Waals surface area contributed by atoms with Crippen molar-refractivity contribution < 1.29 is 23.8 Å². The second kappa shape index (κ2) is 6.09. The minimum Gasteiger partial charge on any atom is -0.467 e. The van der Waals surface area contributed by atoms with Crippen LogP contribution in [0.25, 0.3) is 0 Å². The van der Waals surface area contributed by atoms with Gasteiger partial charge in [-0.3, -0.25) is 9.59 Å². The minimum atomic E-state index is -0.0311. The van der Waals surface area contributed by atoms with E-state index in [0.29, 0.717) is 61.8 Å². The number of ether oxygens (including phenoxy) is 3. The third-order valence-corrected chi connectivity index (χ3v) is 10.2. The highest BCUT2D eigenvalue weighted by atomic mass is 16.6. The van der Waals surface area contributed by atoms with Gasteiger partial charge in [0.1, 0.15) is 12.2 Å². The van der Waals surface area contributed by atoms with E-state index in [-0.39, 0.29) is 22.4 Å². The van der Waals surface area contributed by atoms with Gasteiger partial charge in [0.05, 0.1) is 19.1 Å². The highest BCUT2D eigenvalue weighted by molar-refractivity contribution is 5.71. The first-order valence-corrected chi connectivity index (χ1v) is 11.6. The topological polar surface area (TPSA) is 65.1 Å². The number of hydrogen-bond donors (Lipinski definition) is 0. The Labute approximate surface area is 172 Å². The number of carbonyl (C=O) groups excluding carboxylic acids is 2. The lowest BCUT2D eigenvalue weighted by molar-refractivity contribution is -0.152. The number of carbonyl (C=O) groups is 2. The first kappa shape index (κ1) is 18.4. The molecule has 0 bridgehead atoms. The molecule has 0 amide bonds. The van der Waals surface area contributed by atoms with Crippen molar-refractivity contribution in [2.75, 3.05) is 13.2 Å². The number of allylic oxidation sites excluding steroid dienone is 1. The summed E-state index contributed by atoms with van der Waals surface area (Å²) in [5.41, 5.74) is 0.0885. The number of cyclic esters (lactones) is 1. The van der Waals surface area contributed by atoms with E-state index in [4.69, 9.17) is 14.2 Å². The van der Waals surface area contributed by atoms with Crippen LogP contribution in [0, 0.1) is 40.4 Å². The largest absolute Gasteiger partial charge is 0.467 e. The van der Waals surface area contributed by atoms with Crippen LogP contribution in [0.5, 0.6) is 0 Å². The van der Waals surface area contributed by atoms with Gasteiger partial charge in [0.25, 0.3) is 6.47 Å². The predicted octanol–water partition coefficient (Wildman–Crippen LogP) is 3.66. The van der Waals surface area contributed by atoms with E-state index in [0.717, 1.165) is 19.3 Å². The lowest BCUT2D eigenvalue weighted by Crippen LogP contribution is -2.59. The predicted molar refractivity (Wildman–Crippen MR) is 105 cm³/mol. The Balaban J connectivity index is 1.35. The molecule has 1 spiro atoms. The van der Waals surface area contributed by atoms with Crippen LogP contribution in [0.4, 0.5) is 0 Å². The van der Waals surface area contributed by atoms with E-state index in [9.17, 15) is 9.59 Å². The summed E-state index contributed by atoms with van der Waals surface area (Å²) in [4.78, 5) is 22.9. The average molecular weight is 401 g/mol. The Morgan fingerprint density at radius 3 is 2.90 bits per heavy atom. The fourth-order valence-electron chi connectivity index (χ4n) is 9.03. The third kappa shape index (κ3) is 2.21. The molecule has 5 fully saturated rings. The van der Waals surface area contributed by atoms with Crippen molar-refractivity contribution in [1.29, 1.82) is 0 Å². The molecule has 2 saturated heterocycles. The van der Waals surface area contributed by atoms with Crippen molar-refractivity contribution in [2.24, 2.45) is 40.4 Å². The SMILES string of the molecule is C[C@]12CC[C@H]3[C@@H](CC[C@H]4CCC=C[C@@]43COC=O)[C@]13O[C@@H]3C[C@@H]2[C@@H]1COC(=O)C1. The van der Waals surface area contributed by atoms with Crippen LogP contribution in [0.1, 0.15) is 58.3 Å². The van der Waals surface area contributed by atoms with Crippen LogP contribution in [0.2, 0.25) is 0 Å². The molecule has 0 aromatic carbocycles. The van der Waals surface area contributed by atoms with Gasteiger partial charge in [0.2, 0.25) is 0 Å². The molecule has 29 heavy (non-hydrogen) atoms. The van der Waals surface area contributed by atoms with Gasteiger partial charge in [-0.1, -0.05) is 19.1 Å². The maximum Gasteiger partial charge on any atom is 0.306 e. The van der Waals surface area contributed by atoms with Gasteiger partial charge in [-0.25, -0.2) is 0 Å². The fourth-order valence-corrected chi connectivity index (χ4v) is 9.03. The van der Waals surface area contributed by atoms with Crippen molar-refractivity contribution in [3.05, 3.63) is 12.2 Å². The molecular weight excluding hydrogens is 368 g/mol. The van der Waals surface area contributed by atoms with E-state index in [2.05, 4.69) is 19.1 Å². The molecule has 5 heteroatoms. The molecule has 0 N–H and O–H groups in total. The summed E-state index contributed by atoms with van der Waals surface area (Å²) in [6.45, 7) is 4.19.